The molecule has 1 saturated heterocycles. The number of aliphatic hydroxyl groups is 1. The summed E-state index contributed by atoms with van der Waals surface area (Å²) < 4.78 is 5.69. The lowest BCUT2D eigenvalue weighted by atomic mass is 9.88. The van der Waals surface area contributed by atoms with Gasteiger partial charge in [0.05, 0.1) is 13.1 Å². The molecule has 21 heavy (non-hydrogen) atoms. The molecule has 1 aliphatic carbocycles. The first-order valence-corrected chi connectivity index (χ1v) is 7.56. The molecule has 2 aliphatic rings. The number of nitrogens with zero attached hydrogens (tertiary/aromatic N) is 1. The second kappa shape index (κ2) is 4.24. The first-order valence-electron chi connectivity index (χ1n) is 7.18. The van der Waals surface area contributed by atoms with Gasteiger partial charge in [-0.15, -0.1) is 0 Å². The molecule has 4 rings (SSSR count). The second-order valence-electron chi connectivity index (χ2n) is 6.24. The van der Waals surface area contributed by atoms with Crippen molar-refractivity contribution in [2.45, 2.75) is 25.4 Å². The molecule has 0 radical (unpaired) electrons. The van der Waals surface area contributed by atoms with Crippen LogP contribution in [0.25, 0.3) is 11.0 Å². The van der Waals surface area contributed by atoms with Crippen LogP contribution in [0.4, 0.5) is 0 Å². The van der Waals surface area contributed by atoms with Crippen molar-refractivity contribution in [3.63, 3.8) is 0 Å². The average molecular weight is 306 g/mol. The summed E-state index contributed by atoms with van der Waals surface area (Å²) >= 11 is 5.99. The summed E-state index contributed by atoms with van der Waals surface area (Å²) in [4.78, 5) is 14.2. The van der Waals surface area contributed by atoms with E-state index in [1.54, 1.807) is 17.0 Å². The molecular weight excluding hydrogens is 290 g/mol. The summed E-state index contributed by atoms with van der Waals surface area (Å²) in [6.45, 7) is 2.68. The van der Waals surface area contributed by atoms with Crippen LogP contribution in [-0.4, -0.2) is 34.6 Å². The third-order valence-electron chi connectivity index (χ3n) is 4.65. The molecule has 5 heteroatoms. The number of amides is 1. The van der Waals surface area contributed by atoms with Crippen molar-refractivity contribution in [3.05, 3.63) is 34.5 Å². The molecule has 1 aliphatic heterocycles. The Labute approximate surface area is 127 Å². The van der Waals surface area contributed by atoms with Crippen molar-refractivity contribution < 1.29 is 14.3 Å². The number of fused-ring (bicyclic) bond motifs is 1. The van der Waals surface area contributed by atoms with Gasteiger partial charge in [-0.3, -0.25) is 4.79 Å². The number of furan rings is 1. The van der Waals surface area contributed by atoms with Crippen molar-refractivity contribution in [1.29, 1.82) is 0 Å². The van der Waals surface area contributed by atoms with Gasteiger partial charge in [0.15, 0.2) is 5.76 Å². The topological polar surface area (TPSA) is 53.7 Å². The Morgan fingerprint density at radius 3 is 2.81 bits per heavy atom. The molecule has 110 valence electrons. The maximum Gasteiger partial charge on any atom is 0.290 e. The number of carbonyl (C=O) groups excluding carboxylic acids is 1. The molecule has 0 unspecified atom stereocenters. The Balaban J connectivity index is 1.62. The number of likely N-dealkylation sites (tertiary alicyclic amines) is 1. The molecule has 2 aromatic rings. The van der Waals surface area contributed by atoms with E-state index in [-0.39, 0.29) is 5.91 Å². The fourth-order valence-electron chi connectivity index (χ4n) is 3.18. The summed E-state index contributed by atoms with van der Waals surface area (Å²) in [6, 6.07) is 5.33. The Morgan fingerprint density at radius 2 is 2.14 bits per heavy atom. The van der Waals surface area contributed by atoms with Crippen LogP contribution in [0.1, 0.15) is 29.0 Å². The van der Waals surface area contributed by atoms with E-state index in [2.05, 4.69) is 0 Å². The highest BCUT2D eigenvalue weighted by Crippen LogP contribution is 2.45. The summed E-state index contributed by atoms with van der Waals surface area (Å²) in [5, 5.41) is 11.8. The summed E-state index contributed by atoms with van der Waals surface area (Å²) in [7, 11) is 0. The predicted molar refractivity (Wildman–Crippen MR) is 79.5 cm³/mol. The highest BCUT2D eigenvalue weighted by Gasteiger charge is 2.53. The van der Waals surface area contributed by atoms with E-state index in [1.165, 1.54) is 0 Å². The van der Waals surface area contributed by atoms with Crippen LogP contribution in [0.2, 0.25) is 5.02 Å². The Morgan fingerprint density at radius 1 is 1.43 bits per heavy atom. The number of hydrogen-bond acceptors (Lipinski definition) is 3. The number of hydrogen-bond donors (Lipinski definition) is 1. The highest BCUT2D eigenvalue weighted by atomic mass is 35.5. The Kier molecular flexibility index (Phi) is 2.66. The van der Waals surface area contributed by atoms with Crippen LogP contribution >= 0.6 is 11.6 Å². The molecule has 0 bridgehead atoms. The minimum atomic E-state index is -0.668. The molecule has 0 spiro atoms. The molecule has 1 N–H and O–H groups in total. The zero-order valence-electron chi connectivity index (χ0n) is 11.7. The van der Waals surface area contributed by atoms with Gasteiger partial charge in [0.1, 0.15) is 11.2 Å². The third-order valence-corrected chi connectivity index (χ3v) is 4.88. The van der Waals surface area contributed by atoms with Gasteiger partial charge in [-0.2, -0.15) is 0 Å². The molecule has 4 nitrogen and oxygen atoms in total. The van der Waals surface area contributed by atoms with Crippen LogP contribution in [0.3, 0.4) is 0 Å². The minimum Gasteiger partial charge on any atom is -0.451 e. The van der Waals surface area contributed by atoms with E-state index >= 15 is 0 Å². The lowest BCUT2D eigenvalue weighted by Gasteiger charge is -2.46. The van der Waals surface area contributed by atoms with E-state index in [1.807, 2.05) is 13.0 Å². The van der Waals surface area contributed by atoms with Crippen LogP contribution in [0.15, 0.2) is 22.6 Å². The fraction of sp³-hybridized carbons (Fsp3) is 0.438. The normalized spacial score (nSPS) is 20.6. The minimum absolute atomic E-state index is 0.148. The summed E-state index contributed by atoms with van der Waals surface area (Å²) in [5.41, 5.74) is 0.802. The number of benzene rings is 1. The van der Waals surface area contributed by atoms with Gasteiger partial charge >= 0.3 is 0 Å². The molecule has 2 fully saturated rings. The largest absolute Gasteiger partial charge is 0.451 e. The lowest BCUT2D eigenvalue weighted by Crippen LogP contribution is -2.64. The Bertz CT molecular complexity index is 741. The van der Waals surface area contributed by atoms with Crippen molar-refractivity contribution >= 4 is 28.5 Å². The third kappa shape index (κ3) is 1.97. The van der Waals surface area contributed by atoms with Gasteiger partial charge in [-0.25, -0.2) is 0 Å². The van der Waals surface area contributed by atoms with E-state index in [4.69, 9.17) is 16.0 Å². The van der Waals surface area contributed by atoms with Gasteiger partial charge in [-0.05, 0) is 43.9 Å². The van der Waals surface area contributed by atoms with Crippen LogP contribution in [0, 0.1) is 12.8 Å². The van der Waals surface area contributed by atoms with Crippen molar-refractivity contribution in [3.8, 4) is 0 Å². The SMILES string of the molecule is Cc1c(C(=O)N2CC(O)(C3CC3)C2)oc2ccc(Cl)cc12. The van der Waals surface area contributed by atoms with Gasteiger partial charge in [-0.1, -0.05) is 11.6 Å². The van der Waals surface area contributed by atoms with Gasteiger partial charge in [0.25, 0.3) is 5.91 Å². The van der Waals surface area contributed by atoms with Crippen molar-refractivity contribution in [2.24, 2.45) is 5.92 Å². The van der Waals surface area contributed by atoms with E-state index in [0.717, 1.165) is 23.8 Å². The van der Waals surface area contributed by atoms with E-state index < -0.39 is 5.60 Å². The number of aryl methyl sites for hydroxylation is 1. The molecule has 1 aromatic heterocycles. The first kappa shape index (κ1) is 13.2. The van der Waals surface area contributed by atoms with Gasteiger partial charge in [0.2, 0.25) is 0 Å². The van der Waals surface area contributed by atoms with E-state index in [9.17, 15) is 9.90 Å². The first-order chi connectivity index (χ1) is 9.98. The van der Waals surface area contributed by atoms with Gasteiger partial charge in [0, 0.05) is 16.0 Å². The number of halogens is 1. The second-order valence-corrected chi connectivity index (χ2v) is 6.67. The smallest absolute Gasteiger partial charge is 0.290 e. The average Bonchev–Trinajstić information content (AvgIpc) is 3.22. The molecular formula is C16H16ClNO3. The number of rotatable bonds is 2. The molecule has 1 saturated carbocycles. The summed E-state index contributed by atoms with van der Waals surface area (Å²) in [6.07, 6.45) is 2.14. The highest BCUT2D eigenvalue weighted by molar-refractivity contribution is 6.31. The van der Waals surface area contributed by atoms with Crippen molar-refractivity contribution in [1.82, 2.24) is 4.90 Å². The number of β-amino-alcohol motifs (C(OH)–C–C–N with tert-alkyl or cyclic N) is 1. The van der Waals surface area contributed by atoms with Gasteiger partial charge < -0.3 is 14.4 Å². The van der Waals surface area contributed by atoms with Crippen molar-refractivity contribution in [2.75, 3.05) is 13.1 Å². The van der Waals surface area contributed by atoms with Crippen LogP contribution in [0.5, 0.6) is 0 Å². The quantitative estimate of drug-likeness (QED) is 0.928. The molecule has 0 atom stereocenters. The fourth-order valence-corrected chi connectivity index (χ4v) is 3.35. The zero-order chi connectivity index (χ0) is 14.8. The lowest BCUT2D eigenvalue weighted by molar-refractivity contribution is -0.0965. The predicted octanol–water partition coefficient (Wildman–Crippen LogP) is 2.99. The van der Waals surface area contributed by atoms with Crippen LogP contribution < -0.4 is 0 Å². The zero-order valence-corrected chi connectivity index (χ0v) is 12.5. The Hall–Kier alpha value is -1.52. The molecule has 1 amide bonds. The summed E-state index contributed by atoms with van der Waals surface area (Å²) in [5.74, 6) is 0.576. The monoisotopic (exact) mass is 305 g/mol. The van der Waals surface area contributed by atoms with Crippen LogP contribution in [-0.2, 0) is 0 Å². The standard InChI is InChI=1S/C16H16ClNO3/c1-9-12-6-11(17)4-5-13(12)21-14(9)15(19)18-7-16(20,8-18)10-2-3-10/h4-6,10,20H,2-3,7-8H2,1H3. The molecule has 2 heterocycles. The molecule has 1 aromatic carbocycles. The maximum atomic E-state index is 12.5. The maximum absolute atomic E-state index is 12.5. The van der Waals surface area contributed by atoms with E-state index in [0.29, 0.717) is 35.4 Å². The number of carbonyl (C=O) groups is 1.